The van der Waals surface area contributed by atoms with Crippen LogP contribution in [0.1, 0.15) is 32.6 Å². The topological polar surface area (TPSA) is 41.6 Å². The summed E-state index contributed by atoms with van der Waals surface area (Å²) in [6, 6.07) is 1.15. The quantitative estimate of drug-likeness (QED) is 0.774. The second-order valence-corrected chi connectivity index (χ2v) is 4.82. The molecule has 17 heavy (non-hydrogen) atoms. The summed E-state index contributed by atoms with van der Waals surface area (Å²) >= 11 is 0. The minimum Gasteiger partial charge on any atom is -0.372 e. The standard InChI is InChI=1S/C12H22N2O2.ClH/c1-2-7-16-9-12(15)14-6-5-10-3-4-11(8-14)13-10;/h10-11,13H,2-9H2,1H3;1H. The Morgan fingerprint density at radius 1 is 1.35 bits per heavy atom. The van der Waals surface area contributed by atoms with Gasteiger partial charge in [0.15, 0.2) is 0 Å². The zero-order chi connectivity index (χ0) is 11.4. The number of likely N-dealkylation sites (tertiary alicyclic amines) is 1. The number of ether oxygens (including phenoxy) is 1. The molecule has 0 saturated carbocycles. The van der Waals surface area contributed by atoms with Crippen molar-refractivity contribution in [2.75, 3.05) is 26.3 Å². The van der Waals surface area contributed by atoms with Crippen LogP contribution in [0, 0.1) is 0 Å². The van der Waals surface area contributed by atoms with Crippen molar-refractivity contribution in [3.63, 3.8) is 0 Å². The maximum atomic E-state index is 11.9. The van der Waals surface area contributed by atoms with Gasteiger partial charge in [-0.05, 0) is 25.7 Å². The Labute approximate surface area is 109 Å². The van der Waals surface area contributed by atoms with Gasteiger partial charge in [-0.2, -0.15) is 0 Å². The summed E-state index contributed by atoms with van der Waals surface area (Å²) < 4.78 is 5.31. The van der Waals surface area contributed by atoms with Crippen LogP contribution in [0.4, 0.5) is 0 Å². The van der Waals surface area contributed by atoms with Gasteiger partial charge >= 0.3 is 0 Å². The van der Waals surface area contributed by atoms with Crippen LogP contribution in [0.25, 0.3) is 0 Å². The van der Waals surface area contributed by atoms with Crippen LogP contribution in [-0.2, 0) is 9.53 Å². The number of hydrogen-bond donors (Lipinski definition) is 1. The molecule has 2 bridgehead atoms. The summed E-state index contributed by atoms with van der Waals surface area (Å²) in [6.07, 6.45) is 4.55. The van der Waals surface area contributed by atoms with Crippen molar-refractivity contribution in [1.29, 1.82) is 0 Å². The van der Waals surface area contributed by atoms with E-state index >= 15 is 0 Å². The molecule has 1 amide bonds. The van der Waals surface area contributed by atoms with Crippen LogP contribution in [0.2, 0.25) is 0 Å². The highest BCUT2D eigenvalue weighted by Crippen LogP contribution is 2.20. The molecule has 1 N–H and O–H groups in total. The summed E-state index contributed by atoms with van der Waals surface area (Å²) in [6.45, 7) is 4.75. The maximum absolute atomic E-state index is 11.9. The Morgan fingerprint density at radius 3 is 2.88 bits per heavy atom. The SMILES string of the molecule is CCCOCC(=O)N1CCC2CCC(C1)N2.Cl. The lowest BCUT2D eigenvalue weighted by atomic mass is 10.1. The van der Waals surface area contributed by atoms with Gasteiger partial charge in [-0.3, -0.25) is 4.79 Å². The van der Waals surface area contributed by atoms with Gasteiger partial charge in [0.1, 0.15) is 6.61 Å². The molecule has 100 valence electrons. The number of halogens is 1. The summed E-state index contributed by atoms with van der Waals surface area (Å²) in [4.78, 5) is 13.8. The molecule has 4 nitrogen and oxygen atoms in total. The van der Waals surface area contributed by atoms with Crippen LogP contribution in [-0.4, -0.2) is 49.2 Å². The number of nitrogens with zero attached hydrogens (tertiary/aromatic N) is 1. The summed E-state index contributed by atoms with van der Waals surface area (Å²) in [5.41, 5.74) is 0. The predicted molar refractivity (Wildman–Crippen MR) is 69.5 cm³/mol. The Morgan fingerprint density at radius 2 is 2.12 bits per heavy atom. The molecule has 2 unspecified atom stereocenters. The van der Waals surface area contributed by atoms with E-state index in [1.54, 1.807) is 0 Å². The van der Waals surface area contributed by atoms with Crippen molar-refractivity contribution in [2.45, 2.75) is 44.7 Å². The molecule has 0 aromatic rings. The highest BCUT2D eigenvalue weighted by atomic mass is 35.5. The molecule has 2 aliphatic rings. The molecule has 2 rings (SSSR count). The van der Waals surface area contributed by atoms with Crippen LogP contribution in [0.5, 0.6) is 0 Å². The van der Waals surface area contributed by atoms with Gasteiger partial charge in [0, 0.05) is 31.8 Å². The number of rotatable bonds is 4. The normalized spacial score (nSPS) is 27.5. The predicted octanol–water partition coefficient (Wildman–Crippen LogP) is 1.19. The maximum Gasteiger partial charge on any atom is 0.248 e. The van der Waals surface area contributed by atoms with E-state index in [0.717, 1.165) is 25.9 Å². The number of nitrogens with one attached hydrogen (secondary N) is 1. The van der Waals surface area contributed by atoms with Gasteiger partial charge in [0.2, 0.25) is 5.91 Å². The lowest BCUT2D eigenvalue weighted by Gasteiger charge is -2.24. The summed E-state index contributed by atoms with van der Waals surface area (Å²) in [7, 11) is 0. The first-order chi connectivity index (χ1) is 7.79. The number of hydrogen-bond acceptors (Lipinski definition) is 3. The van der Waals surface area contributed by atoms with E-state index in [9.17, 15) is 4.79 Å². The highest BCUT2D eigenvalue weighted by molar-refractivity contribution is 5.85. The highest BCUT2D eigenvalue weighted by Gasteiger charge is 2.30. The summed E-state index contributed by atoms with van der Waals surface area (Å²) in [5.74, 6) is 0.155. The van der Waals surface area contributed by atoms with E-state index in [0.29, 0.717) is 18.7 Å². The van der Waals surface area contributed by atoms with Crippen molar-refractivity contribution in [1.82, 2.24) is 10.2 Å². The molecule has 0 aliphatic carbocycles. The smallest absolute Gasteiger partial charge is 0.248 e. The Kier molecular flexibility index (Phi) is 6.23. The Balaban J connectivity index is 0.00000144. The van der Waals surface area contributed by atoms with Crippen molar-refractivity contribution in [2.24, 2.45) is 0 Å². The second-order valence-electron chi connectivity index (χ2n) is 4.82. The number of carbonyl (C=O) groups excluding carboxylic acids is 1. The van der Waals surface area contributed by atoms with Crippen LogP contribution >= 0.6 is 12.4 Å². The van der Waals surface area contributed by atoms with Crippen LogP contribution < -0.4 is 5.32 Å². The zero-order valence-corrected chi connectivity index (χ0v) is 11.3. The van der Waals surface area contributed by atoms with Gasteiger partial charge in [-0.15, -0.1) is 12.4 Å². The second kappa shape index (κ2) is 7.19. The zero-order valence-electron chi connectivity index (χ0n) is 10.5. The fourth-order valence-corrected chi connectivity index (χ4v) is 2.56. The minimum atomic E-state index is 0. The van der Waals surface area contributed by atoms with Crippen LogP contribution in [0.3, 0.4) is 0 Å². The molecule has 0 aromatic heterocycles. The molecule has 2 aliphatic heterocycles. The van der Waals surface area contributed by atoms with Crippen LogP contribution in [0.15, 0.2) is 0 Å². The van der Waals surface area contributed by atoms with Crippen molar-refractivity contribution in [3.05, 3.63) is 0 Å². The van der Waals surface area contributed by atoms with Gasteiger partial charge in [0.05, 0.1) is 0 Å². The van der Waals surface area contributed by atoms with Gasteiger partial charge in [-0.1, -0.05) is 6.92 Å². The van der Waals surface area contributed by atoms with E-state index in [-0.39, 0.29) is 24.9 Å². The minimum absolute atomic E-state index is 0. The Bertz CT molecular complexity index is 251. The van der Waals surface area contributed by atoms with Crippen molar-refractivity contribution >= 4 is 18.3 Å². The van der Waals surface area contributed by atoms with Gasteiger partial charge in [-0.25, -0.2) is 0 Å². The van der Waals surface area contributed by atoms with Crippen molar-refractivity contribution < 1.29 is 9.53 Å². The molecule has 0 radical (unpaired) electrons. The lowest BCUT2D eigenvalue weighted by molar-refractivity contribution is -0.136. The van der Waals surface area contributed by atoms with E-state index in [1.165, 1.54) is 12.8 Å². The lowest BCUT2D eigenvalue weighted by Crippen LogP contribution is -2.40. The first-order valence-electron chi connectivity index (χ1n) is 6.41. The molecular formula is C12H23ClN2O2. The molecule has 0 spiro atoms. The Hall–Kier alpha value is -0.320. The molecular weight excluding hydrogens is 240 g/mol. The number of amides is 1. The molecule has 0 aromatic carbocycles. The summed E-state index contributed by atoms with van der Waals surface area (Å²) in [5, 5.41) is 3.57. The third-order valence-electron chi connectivity index (χ3n) is 3.45. The first kappa shape index (κ1) is 14.7. The molecule has 5 heteroatoms. The van der Waals surface area contributed by atoms with Gasteiger partial charge < -0.3 is 15.0 Å². The molecule has 2 heterocycles. The van der Waals surface area contributed by atoms with E-state index < -0.39 is 0 Å². The third-order valence-corrected chi connectivity index (χ3v) is 3.45. The molecule has 2 saturated heterocycles. The van der Waals surface area contributed by atoms with E-state index in [4.69, 9.17) is 4.74 Å². The van der Waals surface area contributed by atoms with Crippen molar-refractivity contribution in [3.8, 4) is 0 Å². The van der Waals surface area contributed by atoms with E-state index in [2.05, 4.69) is 12.2 Å². The molecule has 2 atom stereocenters. The molecule has 2 fully saturated rings. The number of carbonyl (C=O) groups is 1. The third kappa shape index (κ3) is 4.12. The van der Waals surface area contributed by atoms with Gasteiger partial charge in [0.25, 0.3) is 0 Å². The first-order valence-corrected chi connectivity index (χ1v) is 6.41. The largest absolute Gasteiger partial charge is 0.372 e. The monoisotopic (exact) mass is 262 g/mol. The fourth-order valence-electron chi connectivity index (χ4n) is 2.56. The average Bonchev–Trinajstić information content (AvgIpc) is 2.58. The van der Waals surface area contributed by atoms with E-state index in [1.807, 2.05) is 4.90 Å². The average molecular weight is 263 g/mol. The number of fused-ring (bicyclic) bond motifs is 2. The fraction of sp³-hybridized carbons (Fsp3) is 0.917.